The Kier molecular flexibility index (Phi) is 7.46. The van der Waals surface area contributed by atoms with Crippen LogP contribution in [0.25, 0.3) is 0 Å². The monoisotopic (exact) mass is 461 g/mol. The van der Waals surface area contributed by atoms with Crippen molar-refractivity contribution in [1.82, 2.24) is 14.9 Å². The van der Waals surface area contributed by atoms with Gasteiger partial charge in [0.1, 0.15) is 0 Å². The Bertz CT molecular complexity index is 936. The van der Waals surface area contributed by atoms with Crippen molar-refractivity contribution >= 4 is 24.0 Å². The van der Waals surface area contributed by atoms with Crippen molar-refractivity contribution in [2.24, 2.45) is 0 Å². The van der Waals surface area contributed by atoms with Crippen LogP contribution in [0.4, 0.5) is 9.59 Å². The van der Waals surface area contributed by atoms with E-state index in [-0.39, 0.29) is 42.8 Å². The van der Waals surface area contributed by atoms with Crippen LogP contribution in [0.15, 0.2) is 18.2 Å². The first-order chi connectivity index (χ1) is 15.1. The lowest BCUT2D eigenvalue weighted by molar-refractivity contribution is -0.130. The minimum absolute atomic E-state index is 0.129. The quantitative estimate of drug-likeness (QED) is 0.634. The highest BCUT2D eigenvalue weighted by atomic mass is 16.4. The third-order valence-electron chi connectivity index (χ3n) is 5.89. The second kappa shape index (κ2) is 9.41. The Morgan fingerprint density at radius 2 is 1.45 bits per heavy atom. The zero-order chi connectivity index (χ0) is 25.3. The van der Waals surface area contributed by atoms with E-state index < -0.39 is 29.6 Å². The molecular formula is C24H35N3O6. The van der Waals surface area contributed by atoms with Gasteiger partial charge in [0, 0.05) is 25.6 Å². The van der Waals surface area contributed by atoms with Crippen LogP contribution in [0.3, 0.4) is 0 Å². The van der Waals surface area contributed by atoms with Crippen LogP contribution >= 0.6 is 0 Å². The number of amides is 4. The average Bonchev–Trinajstić information content (AvgIpc) is 2.69. The molecule has 0 atom stereocenters. The van der Waals surface area contributed by atoms with Gasteiger partial charge in [-0.15, -0.1) is 5.01 Å². The molecular weight excluding hydrogens is 426 g/mol. The van der Waals surface area contributed by atoms with E-state index in [1.54, 1.807) is 17.0 Å². The van der Waals surface area contributed by atoms with E-state index in [1.165, 1.54) is 6.92 Å². The minimum atomic E-state index is -1.67. The van der Waals surface area contributed by atoms with Crippen LogP contribution in [0.1, 0.15) is 82.8 Å². The summed E-state index contributed by atoms with van der Waals surface area (Å²) in [4.78, 5) is 51.3. The highest BCUT2D eigenvalue weighted by Crippen LogP contribution is 2.37. The first kappa shape index (κ1) is 26.2. The van der Waals surface area contributed by atoms with E-state index in [0.717, 1.165) is 5.56 Å². The molecule has 1 aliphatic heterocycles. The predicted molar refractivity (Wildman–Crippen MR) is 123 cm³/mol. The van der Waals surface area contributed by atoms with Crippen molar-refractivity contribution in [3.63, 3.8) is 0 Å². The number of hydrogen-bond acceptors (Lipinski definition) is 4. The molecule has 2 rings (SSSR count). The molecule has 0 unspecified atom stereocenters. The van der Waals surface area contributed by atoms with Gasteiger partial charge in [0.15, 0.2) is 0 Å². The van der Waals surface area contributed by atoms with Gasteiger partial charge in [-0.05, 0) is 40.9 Å². The fourth-order valence-electron chi connectivity index (χ4n) is 4.38. The van der Waals surface area contributed by atoms with Gasteiger partial charge in [-0.3, -0.25) is 9.59 Å². The summed E-state index contributed by atoms with van der Waals surface area (Å²) in [6.45, 7) is 13.8. The molecule has 0 saturated carbocycles. The number of carboxylic acid groups (broad SMARTS) is 2. The van der Waals surface area contributed by atoms with Crippen LogP contribution in [-0.2, 0) is 15.6 Å². The van der Waals surface area contributed by atoms with E-state index in [9.17, 15) is 29.4 Å². The maximum Gasteiger partial charge on any atom is 0.434 e. The molecule has 0 aromatic heterocycles. The summed E-state index contributed by atoms with van der Waals surface area (Å²) in [5, 5.41) is 20.8. The number of rotatable bonds is 2. The first-order valence-electron chi connectivity index (χ1n) is 11.1. The van der Waals surface area contributed by atoms with Crippen LogP contribution < -0.4 is 0 Å². The van der Waals surface area contributed by atoms with Gasteiger partial charge < -0.3 is 15.1 Å². The summed E-state index contributed by atoms with van der Waals surface area (Å²) in [7, 11) is 0. The zero-order valence-corrected chi connectivity index (χ0v) is 20.5. The molecule has 1 heterocycles. The summed E-state index contributed by atoms with van der Waals surface area (Å²) < 4.78 is 0. The number of hydrogen-bond donors (Lipinski definition) is 2. The predicted octanol–water partition coefficient (Wildman–Crippen LogP) is 4.31. The SMILES string of the molecule is CC(=O)N1CCC(N(C(=O)O)N(C(=O)O)C(=O)c2cccc(C(C)(C)C)c2C(C)(C)C)CC1. The molecule has 0 aliphatic carbocycles. The zero-order valence-electron chi connectivity index (χ0n) is 20.5. The van der Waals surface area contributed by atoms with Gasteiger partial charge in [-0.2, -0.15) is 0 Å². The second-order valence-corrected chi connectivity index (χ2v) is 10.5. The summed E-state index contributed by atoms with van der Waals surface area (Å²) in [5.41, 5.74) is 0.914. The van der Waals surface area contributed by atoms with Gasteiger partial charge in [0.2, 0.25) is 5.91 Å². The van der Waals surface area contributed by atoms with Gasteiger partial charge in [-0.25, -0.2) is 14.6 Å². The molecule has 0 spiro atoms. The molecule has 1 aliphatic rings. The van der Waals surface area contributed by atoms with Gasteiger partial charge in [0.05, 0.1) is 6.04 Å². The van der Waals surface area contributed by atoms with Crippen molar-refractivity contribution in [1.29, 1.82) is 0 Å². The fraction of sp³-hybridized carbons (Fsp3) is 0.583. The van der Waals surface area contributed by atoms with Gasteiger partial charge >= 0.3 is 12.2 Å². The molecule has 9 heteroatoms. The van der Waals surface area contributed by atoms with Gasteiger partial charge in [-0.1, -0.05) is 53.7 Å². The third-order valence-corrected chi connectivity index (χ3v) is 5.89. The number of piperidine rings is 1. The summed E-state index contributed by atoms with van der Waals surface area (Å²) in [6, 6.07) is 4.41. The molecule has 1 fully saturated rings. The highest BCUT2D eigenvalue weighted by Gasteiger charge is 2.41. The van der Waals surface area contributed by atoms with Crippen molar-refractivity contribution in [2.45, 2.75) is 78.2 Å². The van der Waals surface area contributed by atoms with E-state index in [4.69, 9.17) is 0 Å². The maximum atomic E-state index is 13.7. The molecule has 4 amide bonds. The molecule has 1 aromatic carbocycles. The van der Waals surface area contributed by atoms with E-state index in [2.05, 4.69) is 0 Å². The lowest BCUT2D eigenvalue weighted by Crippen LogP contribution is -2.59. The fourth-order valence-corrected chi connectivity index (χ4v) is 4.38. The van der Waals surface area contributed by atoms with Crippen molar-refractivity contribution in [2.75, 3.05) is 13.1 Å². The first-order valence-corrected chi connectivity index (χ1v) is 11.1. The van der Waals surface area contributed by atoms with Crippen LogP contribution in [0.2, 0.25) is 0 Å². The molecule has 2 N–H and O–H groups in total. The Balaban J connectivity index is 2.58. The standard InChI is InChI=1S/C24H35N3O6/c1-15(28)25-13-11-16(12-14-25)26(21(30)31)27(22(32)33)20(29)17-9-8-10-18(23(2,3)4)19(17)24(5,6)7/h8-10,16H,11-14H2,1-7H3,(H,30,31)(H,32,33). The number of hydrazine groups is 1. The summed E-state index contributed by atoms with van der Waals surface area (Å²) in [6.07, 6.45) is -2.73. The molecule has 0 bridgehead atoms. The Labute approximate surface area is 194 Å². The molecule has 1 saturated heterocycles. The third kappa shape index (κ3) is 5.64. The smallest absolute Gasteiger partial charge is 0.434 e. The normalized spacial score (nSPS) is 15.2. The Morgan fingerprint density at radius 3 is 1.85 bits per heavy atom. The molecule has 33 heavy (non-hydrogen) atoms. The number of benzene rings is 1. The lowest BCUT2D eigenvalue weighted by atomic mass is 9.73. The van der Waals surface area contributed by atoms with Crippen molar-refractivity contribution in [3.05, 3.63) is 34.9 Å². The number of nitrogens with zero attached hydrogens (tertiary/aromatic N) is 3. The molecule has 0 radical (unpaired) electrons. The van der Waals surface area contributed by atoms with Crippen LogP contribution in [-0.4, -0.2) is 68.3 Å². The number of likely N-dealkylation sites (tertiary alicyclic amines) is 1. The number of imide groups is 1. The number of carbonyl (C=O) groups excluding carboxylic acids is 2. The second-order valence-electron chi connectivity index (χ2n) is 10.5. The van der Waals surface area contributed by atoms with Crippen LogP contribution in [0, 0.1) is 0 Å². The van der Waals surface area contributed by atoms with E-state index in [1.807, 2.05) is 47.6 Å². The molecule has 1 aromatic rings. The van der Waals surface area contributed by atoms with E-state index >= 15 is 0 Å². The number of carbonyl (C=O) groups is 4. The largest absolute Gasteiger partial charge is 0.464 e. The van der Waals surface area contributed by atoms with E-state index in [0.29, 0.717) is 15.6 Å². The minimum Gasteiger partial charge on any atom is -0.464 e. The summed E-state index contributed by atoms with van der Waals surface area (Å²) >= 11 is 0. The Morgan fingerprint density at radius 1 is 0.909 bits per heavy atom. The highest BCUT2D eigenvalue weighted by molar-refractivity contribution is 6.04. The van der Waals surface area contributed by atoms with Gasteiger partial charge in [0.25, 0.3) is 5.91 Å². The molecule has 9 nitrogen and oxygen atoms in total. The topological polar surface area (TPSA) is 118 Å². The average molecular weight is 462 g/mol. The molecule has 182 valence electrons. The summed E-state index contributed by atoms with van der Waals surface area (Å²) in [5.74, 6) is -1.04. The van der Waals surface area contributed by atoms with Crippen molar-refractivity contribution < 1.29 is 29.4 Å². The van der Waals surface area contributed by atoms with Crippen molar-refractivity contribution in [3.8, 4) is 0 Å². The maximum absolute atomic E-state index is 13.7. The Hall–Kier alpha value is -3.10. The lowest BCUT2D eigenvalue weighted by Gasteiger charge is -2.40. The van der Waals surface area contributed by atoms with Crippen LogP contribution in [0.5, 0.6) is 0 Å².